The molecule has 1 saturated heterocycles. The molecule has 1 aliphatic rings. The maximum atomic E-state index is 13.9. The van der Waals surface area contributed by atoms with Crippen molar-refractivity contribution in [3.05, 3.63) is 35.1 Å². The zero-order chi connectivity index (χ0) is 13.8. The average Bonchev–Trinajstić information content (AvgIpc) is 2.82. The fourth-order valence-electron chi connectivity index (χ4n) is 2.15. The van der Waals surface area contributed by atoms with Crippen LogP contribution in [0.1, 0.15) is 24.5 Å². The summed E-state index contributed by atoms with van der Waals surface area (Å²) in [5.41, 5.74) is 6.32. The maximum absolute atomic E-state index is 13.9. The highest BCUT2D eigenvalue weighted by molar-refractivity contribution is 5.97. The molecular weight excluding hydrogens is 249 g/mol. The van der Waals surface area contributed by atoms with E-state index in [1.165, 1.54) is 6.07 Å². The number of nitrogens with zero attached hydrogens (tertiary/aromatic N) is 1. The first-order valence-corrected chi connectivity index (χ1v) is 6.23. The van der Waals surface area contributed by atoms with Crippen LogP contribution in [-0.4, -0.2) is 29.8 Å². The van der Waals surface area contributed by atoms with Gasteiger partial charge in [0, 0.05) is 30.3 Å². The Labute approximate surface area is 111 Å². The van der Waals surface area contributed by atoms with Gasteiger partial charge in [0.05, 0.1) is 6.10 Å². The highest BCUT2D eigenvalue weighted by Gasteiger charge is 2.23. The predicted octanol–water partition coefficient (Wildman–Crippen LogP) is 1.19. The third-order valence-electron chi connectivity index (χ3n) is 3.39. The van der Waals surface area contributed by atoms with Crippen molar-refractivity contribution in [3.8, 4) is 0 Å². The van der Waals surface area contributed by atoms with Crippen LogP contribution in [0.5, 0.6) is 0 Å². The lowest BCUT2D eigenvalue weighted by molar-refractivity contribution is 0.113. The Morgan fingerprint density at radius 1 is 1.63 bits per heavy atom. The smallest absolute Gasteiger partial charge is 0.170 e. The first-order chi connectivity index (χ1) is 9.11. The molecule has 1 aromatic carbocycles. The number of nitrogens with two attached hydrogens (primary N) is 1. The zero-order valence-corrected chi connectivity index (χ0v) is 10.8. The first kappa shape index (κ1) is 13.8. The van der Waals surface area contributed by atoms with Gasteiger partial charge in [0.15, 0.2) is 5.84 Å². The number of halogens is 1. The number of ether oxygens (including phenoxy) is 1. The lowest BCUT2D eigenvalue weighted by Gasteiger charge is -2.16. The quantitative estimate of drug-likeness (QED) is 0.331. The molecule has 6 heteroatoms. The van der Waals surface area contributed by atoms with Gasteiger partial charge in [-0.2, -0.15) is 0 Å². The fraction of sp³-hybridized carbons (Fsp3) is 0.462. The fourth-order valence-corrected chi connectivity index (χ4v) is 2.15. The summed E-state index contributed by atoms with van der Waals surface area (Å²) in [5, 5.41) is 14.7. The number of rotatable bonds is 4. The van der Waals surface area contributed by atoms with E-state index >= 15 is 0 Å². The van der Waals surface area contributed by atoms with Crippen LogP contribution in [0, 0.1) is 5.82 Å². The van der Waals surface area contributed by atoms with E-state index in [0.717, 1.165) is 13.0 Å². The summed E-state index contributed by atoms with van der Waals surface area (Å²) in [6, 6.07) is 4.78. The van der Waals surface area contributed by atoms with Crippen molar-refractivity contribution in [3.63, 3.8) is 0 Å². The summed E-state index contributed by atoms with van der Waals surface area (Å²) >= 11 is 0. The molecule has 104 valence electrons. The van der Waals surface area contributed by atoms with Gasteiger partial charge in [0.1, 0.15) is 5.82 Å². The van der Waals surface area contributed by atoms with E-state index in [-0.39, 0.29) is 23.8 Å². The van der Waals surface area contributed by atoms with Crippen LogP contribution in [0.4, 0.5) is 4.39 Å². The minimum absolute atomic E-state index is 0.101. The first-order valence-electron chi connectivity index (χ1n) is 6.23. The molecule has 0 bridgehead atoms. The van der Waals surface area contributed by atoms with Gasteiger partial charge in [0.25, 0.3) is 0 Å². The summed E-state index contributed by atoms with van der Waals surface area (Å²) in [4.78, 5) is 0. The molecule has 4 N–H and O–H groups in total. The lowest BCUT2D eigenvalue weighted by Crippen LogP contribution is -2.34. The molecular formula is C13H18FN3O2. The number of hydrogen-bond donors (Lipinski definition) is 3. The molecule has 2 rings (SSSR count). The lowest BCUT2D eigenvalue weighted by atomic mass is 10.1. The summed E-state index contributed by atoms with van der Waals surface area (Å²) in [7, 11) is 0. The van der Waals surface area contributed by atoms with Gasteiger partial charge in [-0.1, -0.05) is 17.3 Å². The second kappa shape index (κ2) is 5.99. The second-order valence-corrected chi connectivity index (χ2v) is 4.64. The molecule has 1 aliphatic heterocycles. The van der Waals surface area contributed by atoms with Crippen molar-refractivity contribution < 1.29 is 14.3 Å². The molecule has 1 heterocycles. The van der Waals surface area contributed by atoms with Gasteiger partial charge in [-0.15, -0.1) is 0 Å². The van der Waals surface area contributed by atoms with E-state index in [1.54, 1.807) is 12.1 Å². The highest BCUT2D eigenvalue weighted by atomic mass is 19.1. The van der Waals surface area contributed by atoms with Crippen LogP contribution in [0.2, 0.25) is 0 Å². The van der Waals surface area contributed by atoms with Gasteiger partial charge in [0.2, 0.25) is 0 Å². The molecule has 2 atom stereocenters. The van der Waals surface area contributed by atoms with Crippen molar-refractivity contribution in [1.82, 2.24) is 5.32 Å². The molecule has 0 aromatic heterocycles. The molecule has 0 aliphatic carbocycles. The Bertz CT molecular complexity index is 479. The minimum atomic E-state index is -0.372. The summed E-state index contributed by atoms with van der Waals surface area (Å²) < 4.78 is 19.3. The van der Waals surface area contributed by atoms with Crippen LogP contribution >= 0.6 is 0 Å². The van der Waals surface area contributed by atoms with Gasteiger partial charge in [-0.25, -0.2) is 4.39 Å². The molecule has 0 amide bonds. The topological polar surface area (TPSA) is 79.9 Å². The Hall–Kier alpha value is -1.66. The van der Waals surface area contributed by atoms with Gasteiger partial charge in [-0.05, 0) is 19.4 Å². The van der Waals surface area contributed by atoms with Crippen LogP contribution in [0.3, 0.4) is 0 Å². The molecule has 5 nitrogen and oxygen atoms in total. The van der Waals surface area contributed by atoms with E-state index in [9.17, 15) is 4.39 Å². The highest BCUT2D eigenvalue weighted by Crippen LogP contribution is 2.15. The summed E-state index contributed by atoms with van der Waals surface area (Å²) in [6.07, 6.45) is 1.09. The molecule has 19 heavy (non-hydrogen) atoms. The van der Waals surface area contributed by atoms with E-state index in [4.69, 9.17) is 15.7 Å². The van der Waals surface area contributed by atoms with E-state index in [0.29, 0.717) is 17.7 Å². The maximum Gasteiger partial charge on any atom is 0.170 e. The number of benzene rings is 1. The van der Waals surface area contributed by atoms with Crippen LogP contribution in [0.25, 0.3) is 0 Å². The van der Waals surface area contributed by atoms with Gasteiger partial charge >= 0.3 is 0 Å². The van der Waals surface area contributed by atoms with Gasteiger partial charge in [-0.3, -0.25) is 0 Å². The normalized spacial score (nSPS) is 23.8. The standard InChI is InChI=1S/C13H18FN3O2/c1-8-12(4-5-19-8)16-7-10-3-2-9(6-11(10)14)13(15)17-18/h2-3,6,8,12,16,18H,4-5,7H2,1H3,(H2,15,17). The Kier molecular flexibility index (Phi) is 4.34. The Balaban J connectivity index is 2.01. The third kappa shape index (κ3) is 3.21. The van der Waals surface area contributed by atoms with Crippen LogP contribution in [0.15, 0.2) is 23.4 Å². The molecule has 0 radical (unpaired) electrons. The number of amidine groups is 1. The number of hydrogen-bond acceptors (Lipinski definition) is 4. The van der Waals surface area contributed by atoms with E-state index in [1.807, 2.05) is 6.92 Å². The summed E-state index contributed by atoms with van der Waals surface area (Å²) in [5.74, 6) is -0.473. The Morgan fingerprint density at radius 3 is 3.00 bits per heavy atom. The van der Waals surface area contributed by atoms with E-state index in [2.05, 4.69) is 10.5 Å². The van der Waals surface area contributed by atoms with E-state index < -0.39 is 0 Å². The molecule has 1 aromatic rings. The third-order valence-corrected chi connectivity index (χ3v) is 3.39. The van der Waals surface area contributed by atoms with Crippen molar-refractivity contribution in [2.75, 3.05) is 6.61 Å². The van der Waals surface area contributed by atoms with Gasteiger partial charge < -0.3 is 21.0 Å². The van der Waals surface area contributed by atoms with Crippen molar-refractivity contribution in [2.24, 2.45) is 10.9 Å². The van der Waals surface area contributed by atoms with Crippen molar-refractivity contribution in [2.45, 2.75) is 32.0 Å². The second-order valence-electron chi connectivity index (χ2n) is 4.64. The van der Waals surface area contributed by atoms with Crippen LogP contribution in [-0.2, 0) is 11.3 Å². The van der Waals surface area contributed by atoms with Crippen molar-refractivity contribution >= 4 is 5.84 Å². The van der Waals surface area contributed by atoms with Crippen molar-refractivity contribution in [1.29, 1.82) is 0 Å². The Morgan fingerprint density at radius 2 is 2.42 bits per heavy atom. The molecule has 0 spiro atoms. The molecule has 0 saturated carbocycles. The molecule has 1 fully saturated rings. The largest absolute Gasteiger partial charge is 0.409 e. The minimum Gasteiger partial charge on any atom is -0.409 e. The SMILES string of the molecule is CC1OCCC1NCc1ccc(/C(N)=N/O)cc1F. The molecule has 2 unspecified atom stereocenters. The van der Waals surface area contributed by atoms with Crippen LogP contribution < -0.4 is 11.1 Å². The number of nitrogens with one attached hydrogen (secondary N) is 1. The summed E-state index contributed by atoms with van der Waals surface area (Å²) in [6.45, 7) is 3.17. The predicted molar refractivity (Wildman–Crippen MR) is 69.6 cm³/mol. The average molecular weight is 267 g/mol. The number of oxime groups is 1. The monoisotopic (exact) mass is 267 g/mol. The zero-order valence-electron chi connectivity index (χ0n) is 10.8.